The van der Waals surface area contributed by atoms with Crippen LogP contribution in [0.4, 0.5) is 0 Å². The molecule has 0 aromatic rings. The van der Waals surface area contributed by atoms with Crippen molar-refractivity contribution in [2.24, 2.45) is 5.73 Å². The Morgan fingerprint density at radius 3 is 2.86 bits per heavy atom. The first kappa shape index (κ1) is 12.0. The van der Waals surface area contributed by atoms with Crippen molar-refractivity contribution in [1.82, 2.24) is 0 Å². The molecule has 0 amide bonds. The number of nitrogens with two attached hydrogens (primary N) is 1. The summed E-state index contributed by atoms with van der Waals surface area (Å²) in [6.07, 6.45) is 5.90. The van der Waals surface area contributed by atoms with E-state index in [9.17, 15) is 0 Å². The van der Waals surface area contributed by atoms with Gasteiger partial charge in [-0.25, -0.2) is 0 Å². The molecule has 0 saturated carbocycles. The third-order valence-electron chi connectivity index (χ3n) is 3.12. The van der Waals surface area contributed by atoms with Crippen LogP contribution in [-0.2, 0) is 9.47 Å². The van der Waals surface area contributed by atoms with Crippen molar-refractivity contribution < 1.29 is 9.47 Å². The number of hydrogen-bond donors (Lipinski definition) is 1. The van der Waals surface area contributed by atoms with Crippen molar-refractivity contribution in [3.63, 3.8) is 0 Å². The van der Waals surface area contributed by atoms with Crippen molar-refractivity contribution in [3.05, 3.63) is 0 Å². The van der Waals surface area contributed by atoms with Gasteiger partial charge >= 0.3 is 0 Å². The first-order chi connectivity index (χ1) is 6.70. The Morgan fingerprint density at radius 1 is 1.57 bits per heavy atom. The first-order valence-corrected chi connectivity index (χ1v) is 5.59. The molecular weight excluding hydrogens is 178 g/mol. The highest BCUT2D eigenvalue weighted by molar-refractivity contribution is 4.84. The second kappa shape index (κ2) is 5.69. The van der Waals surface area contributed by atoms with Gasteiger partial charge in [-0.05, 0) is 32.1 Å². The second-order valence-corrected chi connectivity index (χ2v) is 4.32. The average molecular weight is 201 g/mol. The van der Waals surface area contributed by atoms with Gasteiger partial charge in [0.15, 0.2) is 0 Å². The first-order valence-electron chi connectivity index (χ1n) is 5.59. The summed E-state index contributed by atoms with van der Waals surface area (Å²) < 4.78 is 10.7. The minimum Gasteiger partial charge on any atom is -0.383 e. The molecular formula is C11H23NO2. The average Bonchev–Trinajstić information content (AvgIpc) is 2.68. The molecule has 1 saturated heterocycles. The van der Waals surface area contributed by atoms with Crippen molar-refractivity contribution >= 4 is 0 Å². The van der Waals surface area contributed by atoms with Gasteiger partial charge in [-0.3, -0.25) is 0 Å². The van der Waals surface area contributed by atoms with E-state index in [0.29, 0.717) is 12.7 Å². The van der Waals surface area contributed by atoms with Gasteiger partial charge in [0.2, 0.25) is 0 Å². The maximum absolute atomic E-state index is 6.21. The van der Waals surface area contributed by atoms with Gasteiger partial charge in [0.1, 0.15) is 0 Å². The van der Waals surface area contributed by atoms with E-state index in [0.717, 1.165) is 25.9 Å². The lowest BCUT2D eigenvalue weighted by Gasteiger charge is -2.28. The Kier molecular flexibility index (Phi) is 4.85. The van der Waals surface area contributed by atoms with Crippen LogP contribution in [0.2, 0.25) is 0 Å². The van der Waals surface area contributed by atoms with Crippen LogP contribution in [0.1, 0.15) is 39.0 Å². The van der Waals surface area contributed by atoms with Crippen LogP contribution >= 0.6 is 0 Å². The summed E-state index contributed by atoms with van der Waals surface area (Å²) in [5, 5.41) is 0. The predicted molar refractivity (Wildman–Crippen MR) is 57.3 cm³/mol. The summed E-state index contributed by atoms with van der Waals surface area (Å²) >= 11 is 0. The van der Waals surface area contributed by atoms with E-state index in [1.165, 1.54) is 12.8 Å². The topological polar surface area (TPSA) is 44.5 Å². The summed E-state index contributed by atoms with van der Waals surface area (Å²) in [7, 11) is 1.71. The molecule has 3 nitrogen and oxygen atoms in total. The fraction of sp³-hybridized carbons (Fsp3) is 1.00. The maximum Gasteiger partial charge on any atom is 0.0642 e. The van der Waals surface area contributed by atoms with Gasteiger partial charge in [0.25, 0.3) is 0 Å². The van der Waals surface area contributed by atoms with Crippen LogP contribution in [-0.4, -0.2) is 32.0 Å². The Labute approximate surface area is 86.9 Å². The molecule has 2 N–H and O–H groups in total. The molecule has 0 aromatic carbocycles. The maximum atomic E-state index is 6.21. The molecule has 1 rings (SSSR count). The summed E-state index contributed by atoms with van der Waals surface area (Å²) in [4.78, 5) is 0. The Bertz CT molecular complexity index is 157. The predicted octanol–water partition coefficient (Wildman–Crippen LogP) is 1.70. The Hall–Kier alpha value is -0.120. The summed E-state index contributed by atoms with van der Waals surface area (Å²) in [5.74, 6) is 0. The van der Waals surface area contributed by atoms with Gasteiger partial charge < -0.3 is 15.2 Å². The quantitative estimate of drug-likeness (QED) is 0.711. The molecule has 14 heavy (non-hydrogen) atoms. The molecule has 0 aromatic heterocycles. The smallest absolute Gasteiger partial charge is 0.0642 e. The summed E-state index contributed by atoms with van der Waals surface area (Å²) in [6.45, 7) is 3.70. The molecule has 2 unspecified atom stereocenters. The fourth-order valence-electron chi connectivity index (χ4n) is 1.96. The van der Waals surface area contributed by atoms with Gasteiger partial charge in [-0.15, -0.1) is 0 Å². The van der Waals surface area contributed by atoms with Crippen LogP contribution < -0.4 is 5.73 Å². The fourth-order valence-corrected chi connectivity index (χ4v) is 1.96. The van der Waals surface area contributed by atoms with Crippen molar-refractivity contribution in [1.29, 1.82) is 0 Å². The van der Waals surface area contributed by atoms with Crippen LogP contribution in [0.3, 0.4) is 0 Å². The lowest BCUT2D eigenvalue weighted by molar-refractivity contribution is 0.0784. The van der Waals surface area contributed by atoms with Gasteiger partial charge in [0, 0.05) is 19.3 Å². The zero-order chi connectivity index (χ0) is 10.4. The van der Waals surface area contributed by atoms with Crippen LogP contribution in [0.5, 0.6) is 0 Å². The third kappa shape index (κ3) is 3.56. The van der Waals surface area contributed by atoms with Gasteiger partial charge in [-0.1, -0.05) is 6.92 Å². The lowest BCUT2D eigenvalue weighted by Crippen LogP contribution is -2.44. The van der Waals surface area contributed by atoms with Crippen LogP contribution in [0, 0.1) is 0 Å². The van der Waals surface area contributed by atoms with Crippen LogP contribution in [0.15, 0.2) is 0 Å². The molecule has 0 spiro atoms. The highest BCUT2D eigenvalue weighted by Gasteiger charge is 2.25. The molecule has 0 radical (unpaired) electrons. The molecule has 1 aliphatic heterocycles. The monoisotopic (exact) mass is 201 g/mol. The van der Waals surface area contributed by atoms with Gasteiger partial charge in [-0.2, -0.15) is 0 Å². The zero-order valence-corrected chi connectivity index (χ0v) is 9.42. The van der Waals surface area contributed by atoms with E-state index in [1.54, 1.807) is 7.11 Å². The molecule has 0 bridgehead atoms. The lowest BCUT2D eigenvalue weighted by atomic mass is 9.91. The molecule has 3 heteroatoms. The van der Waals surface area contributed by atoms with E-state index in [4.69, 9.17) is 15.2 Å². The van der Waals surface area contributed by atoms with Crippen LogP contribution in [0.25, 0.3) is 0 Å². The molecule has 2 atom stereocenters. The second-order valence-electron chi connectivity index (χ2n) is 4.32. The number of methoxy groups -OCH3 is 1. The standard InChI is InChI=1S/C11H23NO2/c1-3-11(12,9-13-2)7-6-10-5-4-8-14-10/h10H,3-9,12H2,1-2H3. The molecule has 84 valence electrons. The molecule has 1 heterocycles. The summed E-state index contributed by atoms with van der Waals surface area (Å²) in [5.41, 5.74) is 6.05. The Balaban J connectivity index is 2.25. The van der Waals surface area contributed by atoms with E-state index in [2.05, 4.69) is 6.92 Å². The largest absolute Gasteiger partial charge is 0.383 e. The number of ether oxygens (including phenoxy) is 2. The molecule has 0 aliphatic carbocycles. The molecule has 1 fully saturated rings. The normalized spacial score (nSPS) is 26.4. The Morgan fingerprint density at radius 2 is 2.36 bits per heavy atom. The number of hydrogen-bond acceptors (Lipinski definition) is 3. The zero-order valence-electron chi connectivity index (χ0n) is 9.42. The SMILES string of the molecule is CCC(N)(CCC1CCCO1)COC. The molecule has 1 aliphatic rings. The number of rotatable bonds is 6. The van der Waals surface area contributed by atoms with E-state index >= 15 is 0 Å². The van der Waals surface area contributed by atoms with E-state index in [-0.39, 0.29) is 5.54 Å². The van der Waals surface area contributed by atoms with E-state index in [1.807, 2.05) is 0 Å². The highest BCUT2D eigenvalue weighted by Crippen LogP contribution is 2.22. The summed E-state index contributed by atoms with van der Waals surface area (Å²) in [6, 6.07) is 0. The third-order valence-corrected chi connectivity index (χ3v) is 3.12. The van der Waals surface area contributed by atoms with E-state index < -0.39 is 0 Å². The van der Waals surface area contributed by atoms with Crippen molar-refractivity contribution in [2.45, 2.75) is 50.7 Å². The minimum atomic E-state index is -0.152. The highest BCUT2D eigenvalue weighted by atomic mass is 16.5. The minimum absolute atomic E-state index is 0.152. The van der Waals surface area contributed by atoms with Crippen molar-refractivity contribution in [2.75, 3.05) is 20.3 Å². The van der Waals surface area contributed by atoms with Crippen molar-refractivity contribution in [3.8, 4) is 0 Å². The van der Waals surface area contributed by atoms with Gasteiger partial charge in [0.05, 0.1) is 12.7 Å².